The van der Waals surface area contributed by atoms with Crippen molar-refractivity contribution in [3.63, 3.8) is 0 Å². The van der Waals surface area contributed by atoms with Crippen molar-refractivity contribution in [3.8, 4) is 22.8 Å². The number of pyridine rings is 1. The van der Waals surface area contributed by atoms with E-state index in [-0.39, 0.29) is 18.4 Å². The van der Waals surface area contributed by atoms with Crippen LogP contribution in [0.2, 0.25) is 0 Å². The molecule has 0 saturated carbocycles. The van der Waals surface area contributed by atoms with Crippen molar-refractivity contribution >= 4 is 10.8 Å². The van der Waals surface area contributed by atoms with E-state index in [2.05, 4.69) is 16.6 Å². The van der Waals surface area contributed by atoms with Crippen molar-refractivity contribution < 1.29 is 35.8 Å². The summed E-state index contributed by atoms with van der Waals surface area (Å²) in [6.45, 7) is 2.70. The molecule has 0 amide bonds. The van der Waals surface area contributed by atoms with Gasteiger partial charge in [0, 0.05) is 10.9 Å². The Morgan fingerprint density at radius 2 is 1.62 bits per heavy atom. The normalized spacial score (nSPS) is 11.6. The Morgan fingerprint density at radius 3 is 2.27 bits per heavy atom. The number of aryl methyl sites for hydroxylation is 2. The zero-order chi connectivity index (χ0) is 26.6. The molecule has 0 fully saturated rings. The van der Waals surface area contributed by atoms with E-state index in [0.29, 0.717) is 34.4 Å². The molecule has 37 heavy (non-hydrogen) atoms. The van der Waals surface area contributed by atoms with Crippen LogP contribution in [0.25, 0.3) is 22.0 Å². The van der Waals surface area contributed by atoms with Gasteiger partial charge in [-0.15, -0.1) is 13.2 Å². The molecule has 0 bridgehead atoms. The average Bonchev–Trinajstić information content (AvgIpc) is 2.86. The zero-order valence-corrected chi connectivity index (χ0v) is 19.8. The Hall–Kier alpha value is -3.75. The fourth-order valence-electron chi connectivity index (χ4n) is 3.91. The molecule has 0 atom stereocenters. The van der Waals surface area contributed by atoms with Crippen molar-refractivity contribution in [1.29, 1.82) is 0 Å². The maximum atomic E-state index is 15.2. The number of nitrogens with zero attached hydrogens (tertiary/aromatic N) is 1. The van der Waals surface area contributed by atoms with Crippen LogP contribution in [0.15, 0.2) is 60.8 Å². The first-order chi connectivity index (χ1) is 17.6. The standard InChI is InChI=1S/C28H23F6NO2/c1-2-3-12-36-21-9-11-25(35-16-21)20-8-10-22-19(15-20)7-6-18(26(22)31)5-4-17-13-23(29)27(24(30)14-17)37-28(32,33)34/h6-11,13-16H,2-5,12H2,1H3. The van der Waals surface area contributed by atoms with E-state index in [1.807, 2.05) is 18.2 Å². The molecule has 0 aliphatic carbocycles. The second-order valence-electron chi connectivity index (χ2n) is 8.49. The third kappa shape index (κ3) is 6.53. The van der Waals surface area contributed by atoms with Crippen LogP contribution in [-0.2, 0) is 12.8 Å². The Labute approximate surface area is 209 Å². The maximum absolute atomic E-state index is 15.2. The lowest BCUT2D eigenvalue weighted by Gasteiger charge is -2.12. The molecule has 1 aromatic heterocycles. The highest BCUT2D eigenvalue weighted by Gasteiger charge is 2.34. The lowest BCUT2D eigenvalue weighted by Crippen LogP contribution is -2.19. The molecule has 0 aliphatic heterocycles. The Balaban J connectivity index is 1.49. The highest BCUT2D eigenvalue weighted by Crippen LogP contribution is 2.31. The molecular formula is C28H23F6NO2. The summed E-state index contributed by atoms with van der Waals surface area (Å²) in [4.78, 5) is 4.43. The summed E-state index contributed by atoms with van der Waals surface area (Å²) in [6, 6.07) is 13.7. The summed E-state index contributed by atoms with van der Waals surface area (Å²) in [6.07, 6.45) is -1.49. The molecule has 0 aliphatic rings. The quantitative estimate of drug-likeness (QED) is 0.165. The van der Waals surface area contributed by atoms with E-state index in [0.717, 1.165) is 30.5 Å². The Kier molecular flexibility index (Phi) is 7.90. The summed E-state index contributed by atoms with van der Waals surface area (Å²) in [5.74, 6) is -4.27. The third-order valence-corrected chi connectivity index (χ3v) is 5.79. The molecule has 3 nitrogen and oxygen atoms in total. The minimum absolute atomic E-state index is 0.0112. The van der Waals surface area contributed by atoms with Crippen LogP contribution >= 0.6 is 0 Å². The number of halogens is 6. The summed E-state index contributed by atoms with van der Waals surface area (Å²) in [5.41, 5.74) is 1.89. The van der Waals surface area contributed by atoms with E-state index < -0.39 is 29.6 Å². The molecule has 1 heterocycles. The largest absolute Gasteiger partial charge is 0.573 e. The van der Waals surface area contributed by atoms with E-state index in [9.17, 15) is 22.0 Å². The molecule has 4 rings (SSSR count). The molecule has 4 aromatic rings. The van der Waals surface area contributed by atoms with E-state index in [1.165, 1.54) is 0 Å². The fraction of sp³-hybridized carbons (Fsp3) is 0.250. The minimum Gasteiger partial charge on any atom is -0.492 e. The van der Waals surface area contributed by atoms with Crippen LogP contribution in [0.1, 0.15) is 30.9 Å². The maximum Gasteiger partial charge on any atom is 0.573 e. The monoisotopic (exact) mass is 519 g/mol. The van der Waals surface area contributed by atoms with Gasteiger partial charge in [-0.1, -0.05) is 37.6 Å². The van der Waals surface area contributed by atoms with Crippen molar-refractivity contribution in [2.24, 2.45) is 0 Å². The van der Waals surface area contributed by atoms with Gasteiger partial charge in [0.1, 0.15) is 11.6 Å². The number of benzene rings is 3. The lowest BCUT2D eigenvalue weighted by molar-refractivity contribution is -0.276. The number of unbranched alkanes of at least 4 members (excludes halogenated alkanes) is 1. The number of rotatable bonds is 9. The molecule has 9 heteroatoms. The second-order valence-corrected chi connectivity index (χ2v) is 8.49. The molecular weight excluding hydrogens is 496 g/mol. The van der Waals surface area contributed by atoms with Gasteiger partial charge in [-0.3, -0.25) is 4.98 Å². The fourth-order valence-corrected chi connectivity index (χ4v) is 3.91. The van der Waals surface area contributed by atoms with Gasteiger partial charge < -0.3 is 9.47 Å². The number of aromatic nitrogens is 1. The second kappa shape index (κ2) is 11.1. The van der Waals surface area contributed by atoms with Gasteiger partial charge in [-0.2, -0.15) is 0 Å². The summed E-state index contributed by atoms with van der Waals surface area (Å²) >= 11 is 0. The molecule has 0 N–H and O–H groups in total. The highest BCUT2D eigenvalue weighted by atomic mass is 19.4. The predicted octanol–water partition coefficient (Wildman–Crippen LogP) is 8.18. The van der Waals surface area contributed by atoms with Gasteiger partial charge in [0.2, 0.25) is 5.75 Å². The van der Waals surface area contributed by atoms with Crippen molar-refractivity contribution in [3.05, 3.63) is 89.4 Å². The van der Waals surface area contributed by atoms with Gasteiger partial charge in [-0.25, -0.2) is 13.2 Å². The summed E-state index contributed by atoms with van der Waals surface area (Å²) in [5, 5.41) is 1.02. The van der Waals surface area contributed by atoms with Gasteiger partial charge in [0.05, 0.1) is 18.5 Å². The van der Waals surface area contributed by atoms with Gasteiger partial charge >= 0.3 is 6.36 Å². The van der Waals surface area contributed by atoms with E-state index in [4.69, 9.17) is 4.74 Å². The molecule has 0 radical (unpaired) electrons. The van der Waals surface area contributed by atoms with Crippen LogP contribution in [0.4, 0.5) is 26.3 Å². The smallest absolute Gasteiger partial charge is 0.492 e. The van der Waals surface area contributed by atoms with E-state index >= 15 is 4.39 Å². The van der Waals surface area contributed by atoms with Crippen LogP contribution in [-0.4, -0.2) is 18.0 Å². The Morgan fingerprint density at radius 1 is 0.865 bits per heavy atom. The molecule has 0 saturated heterocycles. The summed E-state index contributed by atoms with van der Waals surface area (Å²) < 4.78 is 89.1. The Bertz CT molecular complexity index is 1360. The molecule has 0 unspecified atom stereocenters. The van der Waals surface area contributed by atoms with Gasteiger partial charge in [-0.05, 0) is 66.1 Å². The highest BCUT2D eigenvalue weighted by molar-refractivity contribution is 5.88. The number of hydrogen-bond acceptors (Lipinski definition) is 3. The first-order valence-corrected chi connectivity index (χ1v) is 11.7. The topological polar surface area (TPSA) is 31.4 Å². The van der Waals surface area contributed by atoms with Gasteiger partial charge in [0.25, 0.3) is 0 Å². The van der Waals surface area contributed by atoms with Crippen LogP contribution < -0.4 is 9.47 Å². The van der Waals surface area contributed by atoms with E-state index in [1.54, 1.807) is 30.5 Å². The number of alkyl halides is 3. The van der Waals surface area contributed by atoms with Crippen molar-refractivity contribution in [2.45, 2.75) is 39.0 Å². The molecule has 194 valence electrons. The average molecular weight is 519 g/mol. The SMILES string of the molecule is CCCCOc1ccc(-c2ccc3c(F)c(CCc4cc(F)c(OC(F)(F)F)c(F)c4)ccc3c2)nc1. The number of ether oxygens (including phenoxy) is 2. The molecule has 3 aromatic carbocycles. The van der Waals surface area contributed by atoms with Crippen LogP contribution in [0.5, 0.6) is 11.5 Å². The van der Waals surface area contributed by atoms with Crippen LogP contribution in [0.3, 0.4) is 0 Å². The number of fused-ring (bicyclic) bond motifs is 1. The minimum atomic E-state index is -5.22. The van der Waals surface area contributed by atoms with Gasteiger partial charge in [0.15, 0.2) is 11.6 Å². The first kappa shape index (κ1) is 26.3. The summed E-state index contributed by atoms with van der Waals surface area (Å²) in [7, 11) is 0. The number of hydrogen-bond donors (Lipinski definition) is 0. The molecule has 0 spiro atoms. The lowest BCUT2D eigenvalue weighted by atomic mass is 9.98. The first-order valence-electron chi connectivity index (χ1n) is 11.7. The third-order valence-electron chi connectivity index (χ3n) is 5.79. The van der Waals surface area contributed by atoms with Crippen molar-refractivity contribution in [2.75, 3.05) is 6.61 Å². The van der Waals surface area contributed by atoms with Crippen LogP contribution in [0, 0.1) is 17.5 Å². The van der Waals surface area contributed by atoms with Crippen molar-refractivity contribution in [1.82, 2.24) is 4.98 Å². The zero-order valence-electron chi connectivity index (χ0n) is 19.8. The predicted molar refractivity (Wildman–Crippen MR) is 128 cm³/mol.